The van der Waals surface area contributed by atoms with Crippen LogP contribution in [0.25, 0.3) is 0 Å². The maximum atomic E-state index is 13.1. The summed E-state index contributed by atoms with van der Waals surface area (Å²) in [7, 11) is 0. The highest BCUT2D eigenvalue weighted by Crippen LogP contribution is 2.41. The van der Waals surface area contributed by atoms with Crippen LogP contribution in [0.1, 0.15) is 29.3 Å². The number of anilines is 2. The average molecular weight is 409 g/mol. The first-order chi connectivity index (χ1) is 13.9. The molecule has 5 nitrogen and oxygen atoms in total. The Hall–Kier alpha value is -2.92. The quantitative estimate of drug-likeness (QED) is 0.596. The highest BCUT2D eigenvalue weighted by Gasteiger charge is 2.51. The number of imide groups is 1. The molecular formula is C23H21ClN2O3. The Morgan fingerprint density at radius 2 is 1.90 bits per heavy atom. The number of benzene rings is 2. The zero-order valence-corrected chi connectivity index (χ0v) is 16.9. The van der Waals surface area contributed by atoms with Gasteiger partial charge in [-0.3, -0.25) is 14.4 Å². The first kappa shape index (κ1) is 19.4. The molecule has 0 spiro atoms. The third-order valence-electron chi connectivity index (χ3n) is 5.71. The van der Waals surface area contributed by atoms with Crippen molar-refractivity contribution in [3.05, 3.63) is 70.8 Å². The van der Waals surface area contributed by atoms with Crippen molar-refractivity contribution in [3.63, 3.8) is 0 Å². The molecule has 3 atom stereocenters. The summed E-state index contributed by atoms with van der Waals surface area (Å²) in [5.41, 5.74) is 2.04. The smallest absolute Gasteiger partial charge is 0.257 e. The van der Waals surface area contributed by atoms with E-state index in [0.29, 0.717) is 22.8 Å². The Labute approximate surface area is 174 Å². The van der Waals surface area contributed by atoms with E-state index < -0.39 is 5.91 Å². The van der Waals surface area contributed by atoms with Crippen molar-refractivity contribution < 1.29 is 14.4 Å². The lowest BCUT2D eigenvalue weighted by atomic mass is 9.78. The molecule has 0 saturated carbocycles. The lowest BCUT2D eigenvalue weighted by Crippen LogP contribution is -2.33. The van der Waals surface area contributed by atoms with E-state index >= 15 is 0 Å². The van der Waals surface area contributed by atoms with Gasteiger partial charge in [0, 0.05) is 10.7 Å². The average Bonchev–Trinajstić information content (AvgIpc) is 2.96. The van der Waals surface area contributed by atoms with E-state index in [4.69, 9.17) is 11.6 Å². The Morgan fingerprint density at radius 3 is 2.66 bits per heavy atom. The topological polar surface area (TPSA) is 66.5 Å². The Balaban J connectivity index is 1.69. The van der Waals surface area contributed by atoms with Crippen molar-refractivity contribution in [3.8, 4) is 0 Å². The number of rotatable bonds is 3. The van der Waals surface area contributed by atoms with E-state index in [0.717, 1.165) is 5.56 Å². The number of hydrogen-bond donors (Lipinski definition) is 1. The summed E-state index contributed by atoms with van der Waals surface area (Å²) in [5, 5.41) is 3.36. The standard InChI is InChI=1S/C23H21ClN2O3/c1-13-10-11-15(24)12-18(13)25-21(27)16-7-3-4-9-19(16)26-22(28)17-8-5-6-14(2)20(17)23(26)29/h3-7,9-12,14,17,20H,8H2,1-2H3,(H,25,27)/t14-,17+,20-/m0/s1. The highest BCUT2D eigenvalue weighted by atomic mass is 35.5. The third-order valence-corrected chi connectivity index (χ3v) is 5.95. The van der Waals surface area contributed by atoms with Crippen molar-refractivity contribution >= 4 is 40.7 Å². The van der Waals surface area contributed by atoms with E-state index in [-0.39, 0.29) is 35.1 Å². The van der Waals surface area contributed by atoms with Crippen molar-refractivity contribution in [1.29, 1.82) is 0 Å². The SMILES string of the molecule is Cc1ccc(Cl)cc1NC(=O)c1ccccc1N1C(=O)[C@H]2[C@@H](C)C=CC[C@H]2C1=O. The molecule has 6 heteroatoms. The normalized spacial score (nSPS) is 23.3. The van der Waals surface area contributed by atoms with E-state index in [1.165, 1.54) is 4.90 Å². The van der Waals surface area contributed by atoms with Crippen LogP contribution in [0.15, 0.2) is 54.6 Å². The number of fused-ring (bicyclic) bond motifs is 1. The van der Waals surface area contributed by atoms with Gasteiger partial charge >= 0.3 is 0 Å². The molecule has 1 N–H and O–H groups in total. The van der Waals surface area contributed by atoms with Gasteiger partial charge in [-0.05, 0) is 49.1 Å². The lowest BCUT2D eigenvalue weighted by Gasteiger charge is -2.22. The minimum atomic E-state index is -0.396. The molecule has 0 aromatic heterocycles. The second-order valence-electron chi connectivity index (χ2n) is 7.60. The van der Waals surface area contributed by atoms with Gasteiger partial charge in [-0.25, -0.2) is 4.90 Å². The molecule has 4 rings (SSSR count). The number of nitrogens with one attached hydrogen (secondary N) is 1. The van der Waals surface area contributed by atoms with Gasteiger partial charge in [0.2, 0.25) is 11.8 Å². The summed E-state index contributed by atoms with van der Waals surface area (Å²) < 4.78 is 0. The summed E-state index contributed by atoms with van der Waals surface area (Å²) >= 11 is 6.05. The Kier molecular flexibility index (Phi) is 5.01. The van der Waals surface area contributed by atoms with Crippen molar-refractivity contribution in [2.24, 2.45) is 17.8 Å². The van der Waals surface area contributed by atoms with Gasteiger partial charge in [-0.15, -0.1) is 0 Å². The molecule has 2 aromatic carbocycles. The van der Waals surface area contributed by atoms with Crippen molar-refractivity contribution in [1.82, 2.24) is 0 Å². The molecule has 1 fully saturated rings. The molecule has 1 heterocycles. The van der Waals surface area contributed by atoms with Crippen LogP contribution in [-0.4, -0.2) is 17.7 Å². The van der Waals surface area contributed by atoms with Gasteiger partial charge < -0.3 is 5.32 Å². The summed E-state index contributed by atoms with van der Waals surface area (Å²) in [6, 6.07) is 11.9. The second-order valence-corrected chi connectivity index (χ2v) is 8.03. The number of amides is 3. The van der Waals surface area contributed by atoms with Crippen molar-refractivity contribution in [2.45, 2.75) is 20.3 Å². The van der Waals surface area contributed by atoms with Crippen LogP contribution >= 0.6 is 11.6 Å². The highest BCUT2D eigenvalue weighted by molar-refractivity contribution is 6.31. The molecular weight excluding hydrogens is 388 g/mol. The molecule has 1 aliphatic carbocycles. The number of aryl methyl sites for hydroxylation is 1. The van der Waals surface area contributed by atoms with Crippen molar-refractivity contribution in [2.75, 3.05) is 10.2 Å². The van der Waals surface area contributed by atoms with Gasteiger partial charge in [0.05, 0.1) is 23.1 Å². The molecule has 3 amide bonds. The second kappa shape index (κ2) is 7.48. The molecule has 29 heavy (non-hydrogen) atoms. The van der Waals surface area contributed by atoms with Gasteiger partial charge in [0.15, 0.2) is 0 Å². The molecule has 2 aromatic rings. The fourth-order valence-electron chi connectivity index (χ4n) is 4.16. The van der Waals surface area contributed by atoms with E-state index in [9.17, 15) is 14.4 Å². The summed E-state index contributed by atoms with van der Waals surface area (Å²) in [6.45, 7) is 3.81. The number of hydrogen-bond acceptors (Lipinski definition) is 3. The maximum absolute atomic E-state index is 13.1. The Bertz CT molecular complexity index is 1050. The summed E-state index contributed by atoms with van der Waals surface area (Å²) in [5.74, 6) is -1.63. The van der Waals surface area contributed by atoms with Crippen LogP contribution in [0, 0.1) is 24.7 Å². The van der Waals surface area contributed by atoms with E-state index in [1.807, 2.05) is 32.1 Å². The third kappa shape index (κ3) is 3.36. The van der Waals surface area contributed by atoms with Gasteiger partial charge in [0.1, 0.15) is 0 Å². The molecule has 1 aliphatic heterocycles. The van der Waals surface area contributed by atoms with Crippen LogP contribution in [0.4, 0.5) is 11.4 Å². The monoisotopic (exact) mass is 408 g/mol. The lowest BCUT2D eigenvalue weighted by molar-refractivity contribution is -0.122. The first-order valence-electron chi connectivity index (χ1n) is 9.59. The summed E-state index contributed by atoms with van der Waals surface area (Å²) in [6.07, 6.45) is 4.49. The molecule has 1 saturated heterocycles. The van der Waals surface area contributed by atoms with Crippen LogP contribution in [0.5, 0.6) is 0 Å². The number of halogens is 1. The number of allylic oxidation sites excluding steroid dienone is 2. The van der Waals surface area contributed by atoms with Crippen LogP contribution in [0.3, 0.4) is 0 Å². The van der Waals surface area contributed by atoms with Crippen LogP contribution < -0.4 is 10.2 Å². The number of carbonyl (C=O) groups excluding carboxylic acids is 3. The number of nitrogens with zero attached hydrogens (tertiary/aromatic N) is 1. The van der Waals surface area contributed by atoms with Gasteiger partial charge in [-0.1, -0.05) is 48.9 Å². The zero-order chi connectivity index (χ0) is 20.7. The fraction of sp³-hybridized carbons (Fsp3) is 0.261. The van der Waals surface area contributed by atoms with Crippen LogP contribution in [-0.2, 0) is 9.59 Å². The predicted octanol–water partition coefficient (Wildman–Crippen LogP) is 4.60. The minimum absolute atomic E-state index is 0.00898. The molecule has 0 radical (unpaired) electrons. The predicted molar refractivity (Wildman–Crippen MR) is 113 cm³/mol. The summed E-state index contributed by atoms with van der Waals surface area (Å²) in [4.78, 5) is 40.4. The molecule has 0 unspecified atom stereocenters. The first-order valence-corrected chi connectivity index (χ1v) is 9.97. The number of para-hydroxylation sites is 1. The molecule has 0 bridgehead atoms. The minimum Gasteiger partial charge on any atom is -0.322 e. The van der Waals surface area contributed by atoms with E-state index in [1.54, 1.807) is 36.4 Å². The van der Waals surface area contributed by atoms with E-state index in [2.05, 4.69) is 5.32 Å². The molecule has 148 valence electrons. The largest absolute Gasteiger partial charge is 0.322 e. The zero-order valence-electron chi connectivity index (χ0n) is 16.2. The van der Waals surface area contributed by atoms with Gasteiger partial charge in [-0.2, -0.15) is 0 Å². The number of carbonyl (C=O) groups is 3. The Morgan fingerprint density at radius 1 is 1.14 bits per heavy atom. The molecule has 2 aliphatic rings. The fourth-order valence-corrected chi connectivity index (χ4v) is 4.34. The van der Waals surface area contributed by atoms with Crippen LogP contribution in [0.2, 0.25) is 5.02 Å². The maximum Gasteiger partial charge on any atom is 0.257 e. The van der Waals surface area contributed by atoms with Gasteiger partial charge in [0.25, 0.3) is 5.91 Å².